The Kier molecular flexibility index (Phi) is 14.5. The molecule has 0 atom stereocenters. The molecule has 1 N–H and O–H groups in total. The molecule has 0 radical (unpaired) electrons. The topological polar surface area (TPSA) is 20.2 Å². The predicted molar refractivity (Wildman–Crippen MR) is 76.9 cm³/mol. The Bertz CT molecular complexity index is 134. The zero-order valence-corrected chi connectivity index (χ0v) is 12.9. The molecule has 0 saturated carbocycles. The van der Waals surface area contributed by atoms with Gasteiger partial charge in [0.05, 0.1) is 0 Å². The highest BCUT2D eigenvalue weighted by molar-refractivity contribution is 7.33. The van der Waals surface area contributed by atoms with Gasteiger partial charge in [-0.1, -0.05) is 57.8 Å². The molecule has 0 rings (SSSR count). The van der Waals surface area contributed by atoms with Gasteiger partial charge < -0.3 is 5.11 Å². The van der Waals surface area contributed by atoms with Gasteiger partial charge in [-0.05, 0) is 12.5 Å². The third-order valence-electron chi connectivity index (χ3n) is 2.83. The van der Waals surface area contributed by atoms with E-state index in [1.165, 1.54) is 57.8 Å². The number of aliphatic hydroxyl groups excluding tert-OH is 1. The van der Waals surface area contributed by atoms with Crippen molar-refractivity contribution in [3.05, 3.63) is 0 Å². The van der Waals surface area contributed by atoms with Crippen LogP contribution >= 0.6 is 22.2 Å². The number of unbranched alkanes of at least 4 members (excludes halogenated alkanes) is 9. The van der Waals surface area contributed by atoms with Crippen molar-refractivity contribution >= 4 is 29.6 Å². The molecular formula is C12H26Cl2OSi. The minimum Gasteiger partial charge on any atom is -0.396 e. The number of hydrogen-bond acceptors (Lipinski definition) is 1. The molecule has 0 aromatic heterocycles. The average Bonchev–Trinajstić information content (AvgIpc) is 2.25. The molecule has 0 amide bonds. The summed E-state index contributed by atoms with van der Waals surface area (Å²) >= 11 is 11.6. The molecule has 0 fully saturated rings. The van der Waals surface area contributed by atoms with Crippen molar-refractivity contribution in [1.29, 1.82) is 0 Å². The highest BCUT2D eigenvalue weighted by atomic mass is 35.7. The van der Waals surface area contributed by atoms with E-state index in [1.807, 2.05) is 0 Å². The summed E-state index contributed by atoms with van der Waals surface area (Å²) < 4.78 is 0. The van der Waals surface area contributed by atoms with Gasteiger partial charge in [-0.2, -0.15) is 22.2 Å². The Labute approximate surface area is 112 Å². The lowest BCUT2D eigenvalue weighted by molar-refractivity contribution is 0.282. The SMILES string of the molecule is OCCCCCCCCCCCC[SiH](Cl)Cl. The van der Waals surface area contributed by atoms with Gasteiger partial charge in [-0.25, -0.2) is 0 Å². The van der Waals surface area contributed by atoms with Crippen LogP contribution < -0.4 is 0 Å². The molecule has 0 spiro atoms. The molecule has 0 aromatic carbocycles. The molecule has 98 valence electrons. The molecule has 0 aromatic rings. The van der Waals surface area contributed by atoms with E-state index in [1.54, 1.807) is 0 Å². The minimum atomic E-state index is -1.33. The van der Waals surface area contributed by atoms with Gasteiger partial charge in [-0.15, -0.1) is 0 Å². The fourth-order valence-electron chi connectivity index (χ4n) is 1.82. The summed E-state index contributed by atoms with van der Waals surface area (Å²) in [5, 5.41) is 8.61. The van der Waals surface area contributed by atoms with Crippen molar-refractivity contribution in [2.45, 2.75) is 70.3 Å². The predicted octanol–water partition coefficient (Wildman–Crippen LogP) is 4.58. The second-order valence-corrected chi connectivity index (χ2v) is 9.63. The monoisotopic (exact) mass is 284 g/mol. The van der Waals surface area contributed by atoms with E-state index in [4.69, 9.17) is 27.3 Å². The van der Waals surface area contributed by atoms with Crippen molar-refractivity contribution < 1.29 is 5.11 Å². The maximum absolute atomic E-state index is 8.61. The molecule has 0 bridgehead atoms. The van der Waals surface area contributed by atoms with Gasteiger partial charge in [0.1, 0.15) is 0 Å². The van der Waals surface area contributed by atoms with E-state index in [-0.39, 0.29) is 0 Å². The van der Waals surface area contributed by atoms with E-state index < -0.39 is 7.42 Å². The van der Waals surface area contributed by atoms with Crippen molar-refractivity contribution in [2.24, 2.45) is 0 Å². The van der Waals surface area contributed by atoms with Crippen molar-refractivity contribution in [3.8, 4) is 0 Å². The van der Waals surface area contributed by atoms with Gasteiger partial charge in [0.2, 0.25) is 7.42 Å². The van der Waals surface area contributed by atoms with Crippen molar-refractivity contribution in [2.75, 3.05) is 6.61 Å². The quantitative estimate of drug-likeness (QED) is 0.316. The van der Waals surface area contributed by atoms with Crippen molar-refractivity contribution in [1.82, 2.24) is 0 Å². The first-order valence-corrected chi connectivity index (χ1v) is 11.0. The van der Waals surface area contributed by atoms with Crippen LogP contribution in [0.25, 0.3) is 0 Å². The molecular weight excluding hydrogens is 259 g/mol. The zero-order chi connectivity index (χ0) is 12.1. The van der Waals surface area contributed by atoms with Gasteiger partial charge in [0, 0.05) is 6.61 Å². The molecule has 1 nitrogen and oxygen atoms in total. The number of halogens is 2. The first-order valence-electron chi connectivity index (χ1n) is 6.66. The molecule has 4 heteroatoms. The second-order valence-electron chi connectivity index (χ2n) is 4.44. The van der Waals surface area contributed by atoms with Crippen LogP contribution in [-0.4, -0.2) is 19.1 Å². The van der Waals surface area contributed by atoms with E-state index >= 15 is 0 Å². The Morgan fingerprint density at radius 1 is 0.625 bits per heavy atom. The fraction of sp³-hybridized carbons (Fsp3) is 1.00. The van der Waals surface area contributed by atoms with E-state index in [2.05, 4.69) is 0 Å². The van der Waals surface area contributed by atoms with Crippen LogP contribution in [0.3, 0.4) is 0 Å². The van der Waals surface area contributed by atoms with Gasteiger partial charge in [0.15, 0.2) is 0 Å². The maximum atomic E-state index is 8.61. The Hall–Kier alpha value is 0.757. The summed E-state index contributed by atoms with van der Waals surface area (Å²) in [6, 6.07) is 1.07. The van der Waals surface area contributed by atoms with Crippen LogP contribution in [-0.2, 0) is 0 Å². The molecule has 0 aliphatic rings. The highest BCUT2D eigenvalue weighted by Gasteiger charge is 2.00. The minimum absolute atomic E-state index is 0.353. The van der Waals surface area contributed by atoms with Gasteiger partial charge in [-0.3, -0.25) is 0 Å². The molecule has 0 aliphatic heterocycles. The first kappa shape index (κ1) is 16.8. The lowest BCUT2D eigenvalue weighted by Gasteiger charge is -2.02. The normalized spacial score (nSPS) is 11.2. The lowest BCUT2D eigenvalue weighted by atomic mass is 10.1. The Morgan fingerprint density at radius 2 is 1.00 bits per heavy atom. The summed E-state index contributed by atoms with van der Waals surface area (Å²) in [4.78, 5) is 0. The molecule has 16 heavy (non-hydrogen) atoms. The van der Waals surface area contributed by atoms with Crippen LogP contribution in [0.15, 0.2) is 0 Å². The summed E-state index contributed by atoms with van der Waals surface area (Å²) in [5.74, 6) is 0. The fourth-order valence-corrected chi connectivity index (χ4v) is 3.35. The van der Waals surface area contributed by atoms with Crippen molar-refractivity contribution in [3.63, 3.8) is 0 Å². The zero-order valence-electron chi connectivity index (χ0n) is 10.3. The Balaban J connectivity index is 2.88. The lowest BCUT2D eigenvalue weighted by Crippen LogP contribution is -1.91. The van der Waals surface area contributed by atoms with Crippen LogP contribution in [0.5, 0.6) is 0 Å². The number of rotatable bonds is 12. The summed E-state index contributed by atoms with van der Waals surface area (Å²) in [5.41, 5.74) is 0. The van der Waals surface area contributed by atoms with Gasteiger partial charge >= 0.3 is 0 Å². The summed E-state index contributed by atoms with van der Waals surface area (Å²) in [6.45, 7) is 0.353. The van der Waals surface area contributed by atoms with E-state index in [0.29, 0.717) is 6.61 Å². The molecule has 0 saturated heterocycles. The largest absolute Gasteiger partial charge is 0.396 e. The summed E-state index contributed by atoms with van der Waals surface area (Å²) in [7, 11) is -1.33. The van der Waals surface area contributed by atoms with Crippen LogP contribution in [0, 0.1) is 0 Å². The molecule has 0 heterocycles. The third kappa shape index (κ3) is 14.8. The third-order valence-corrected chi connectivity index (χ3v) is 4.98. The van der Waals surface area contributed by atoms with Gasteiger partial charge in [0.25, 0.3) is 0 Å². The van der Waals surface area contributed by atoms with Crippen LogP contribution in [0.1, 0.15) is 64.2 Å². The Morgan fingerprint density at radius 3 is 1.38 bits per heavy atom. The molecule has 0 unspecified atom stereocenters. The highest BCUT2D eigenvalue weighted by Crippen LogP contribution is 2.13. The number of aliphatic hydroxyl groups is 1. The summed E-state index contributed by atoms with van der Waals surface area (Å²) in [6.07, 6.45) is 12.7. The average molecular weight is 285 g/mol. The molecule has 0 aliphatic carbocycles. The van der Waals surface area contributed by atoms with Crippen LogP contribution in [0.4, 0.5) is 0 Å². The first-order chi connectivity index (χ1) is 7.77. The maximum Gasteiger partial charge on any atom is 0.237 e. The van der Waals surface area contributed by atoms with E-state index in [0.717, 1.165) is 12.5 Å². The second kappa shape index (κ2) is 13.8. The smallest absolute Gasteiger partial charge is 0.237 e. The number of hydrogen-bond donors (Lipinski definition) is 1. The standard InChI is InChI=1S/C12H26Cl2OSi/c13-16(14)12-10-8-6-4-2-1-3-5-7-9-11-15/h15-16H,1-12H2. The van der Waals surface area contributed by atoms with Crippen LogP contribution in [0.2, 0.25) is 6.04 Å². The van der Waals surface area contributed by atoms with E-state index in [9.17, 15) is 0 Å².